The highest BCUT2D eigenvalue weighted by Crippen LogP contribution is 2.31. The molecule has 7 nitrogen and oxygen atoms in total. The number of nitrogens with one attached hydrogen (secondary N) is 2. The standard InChI is InChI=1S/C23H23N5O2/c1-16-19(17-7-3-2-4-8-17)10-6-11-20(16)22-27-28-23(30-22)26-21-12-5-9-18(25-21)15-24-13-14-29/h2-12,24,29H,13-15H2,1H3,(H,25,26,28). The lowest BCUT2D eigenvalue weighted by atomic mass is 9.96. The highest BCUT2D eigenvalue weighted by Gasteiger charge is 2.14. The van der Waals surface area contributed by atoms with Gasteiger partial charge in [-0.05, 0) is 41.8 Å². The molecule has 0 aliphatic rings. The monoisotopic (exact) mass is 401 g/mol. The predicted molar refractivity (Wildman–Crippen MR) is 116 cm³/mol. The van der Waals surface area contributed by atoms with Crippen molar-refractivity contribution in [2.45, 2.75) is 13.5 Å². The quantitative estimate of drug-likeness (QED) is 0.385. The summed E-state index contributed by atoms with van der Waals surface area (Å²) >= 11 is 0. The Kier molecular flexibility index (Phi) is 6.12. The van der Waals surface area contributed by atoms with Gasteiger partial charge in [-0.3, -0.25) is 5.32 Å². The van der Waals surface area contributed by atoms with Crippen LogP contribution in [-0.4, -0.2) is 33.4 Å². The van der Waals surface area contributed by atoms with Crippen LogP contribution in [-0.2, 0) is 6.54 Å². The molecule has 30 heavy (non-hydrogen) atoms. The average Bonchev–Trinajstić information content (AvgIpc) is 3.23. The Morgan fingerprint density at radius 1 is 0.900 bits per heavy atom. The molecule has 0 fully saturated rings. The van der Waals surface area contributed by atoms with Crippen molar-refractivity contribution < 1.29 is 9.52 Å². The number of pyridine rings is 1. The summed E-state index contributed by atoms with van der Waals surface area (Å²) in [6.45, 7) is 3.23. The number of aliphatic hydroxyl groups is 1. The Labute approximate surface area is 174 Å². The Bertz CT molecular complexity index is 1110. The smallest absolute Gasteiger partial charge is 0.321 e. The molecular formula is C23H23N5O2. The summed E-state index contributed by atoms with van der Waals surface area (Å²) in [5, 5.41) is 23.4. The first-order valence-electron chi connectivity index (χ1n) is 9.78. The number of hydrogen-bond acceptors (Lipinski definition) is 7. The van der Waals surface area contributed by atoms with Gasteiger partial charge in [0, 0.05) is 18.7 Å². The van der Waals surface area contributed by atoms with Crippen molar-refractivity contribution in [2.75, 3.05) is 18.5 Å². The molecule has 0 radical (unpaired) electrons. The zero-order valence-corrected chi connectivity index (χ0v) is 16.7. The van der Waals surface area contributed by atoms with Crippen LogP contribution in [0.5, 0.6) is 0 Å². The zero-order chi connectivity index (χ0) is 20.8. The Morgan fingerprint density at radius 2 is 1.70 bits per heavy atom. The minimum absolute atomic E-state index is 0.0909. The molecule has 0 saturated carbocycles. The normalized spacial score (nSPS) is 10.9. The molecule has 0 aliphatic carbocycles. The molecule has 4 aromatic rings. The summed E-state index contributed by atoms with van der Waals surface area (Å²) in [6, 6.07) is 22.2. The molecule has 2 heterocycles. The van der Waals surface area contributed by atoms with Crippen molar-refractivity contribution in [1.29, 1.82) is 0 Å². The fraction of sp³-hybridized carbons (Fsp3) is 0.174. The lowest BCUT2D eigenvalue weighted by molar-refractivity contribution is 0.291. The molecule has 4 rings (SSSR count). The van der Waals surface area contributed by atoms with Crippen LogP contribution in [0, 0.1) is 6.92 Å². The molecule has 2 aromatic carbocycles. The summed E-state index contributed by atoms with van der Waals surface area (Å²) in [5.74, 6) is 1.07. The van der Waals surface area contributed by atoms with Crippen LogP contribution in [0.25, 0.3) is 22.6 Å². The third kappa shape index (κ3) is 4.53. The molecule has 0 bridgehead atoms. The van der Waals surface area contributed by atoms with Crippen molar-refractivity contribution in [2.24, 2.45) is 0 Å². The largest absolute Gasteiger partial charge is 0.403 e. The number of nitrogens with zero attached hydrogens (tertiary/aromatic N) is 3. The van der Waals surface area contributed by atoms with E-state index in [0.29, 0.717) is 24.8 Å². The van der Waals surface area contributed by atoms with E-state index in [9.17, 15) is 0 Å². The van der Waals surface area contributed by atoms with Gasteiger partial charge in [-0.2, -0.15) is 0 Å². The van der Waals surface area contributed by atoms with E-state index in [4.69, 9.17) is 9.52 Å². The molecule has 3 N–H and O–H groups in total. The number of benzene rings is 2. The van der Waals surface area contributed by atoms with Crippen LogP contribution in [0.1, 0.15) is 11.3 Å². The first kappa shape index (κ1) is 19.8. The van der Waals surface area contributed by atoms with Crippen molar-refractivity contribution in [3.8, 4) is 22.6 Å². The second-order valence-corrected chi connectivity index (χ2v) is 6.80. The van der Waals surface area contributed by atoms with Gasteiger partial charge in [0.2, 0.25) is 5.89 Å². The topological polar surface area (TPSA) is 96.1 Å². The van der Waals surface area contributed by atoms with E-state index in [1.165, 1.54) is 0 Å². The fourth-order valence-electron chi connectivity index (χ4n) is 3.23. The van der Waals surface area contributed by atoms with Gasteiger partial charge < -0.3 is 14.8 Å². The van der Waals surface area contributed by atoms with Gasteiger partial charge in [0.25, 0.3) is 0 Å². The van der Waals surface area contributed by atoms with Gasteiger partial charge in [0.05, 0.1) is 12.3 Å². The van der Waals surface area contributed by atoms with Crippen LogP contribution < -0.4 is 10.6 Å². The number of aromatic nitrogens is 3. The van der Waals surface area contributed by atoms with Crippen LogP contribution in [0.15, 0.2) is 71.1 Å². The second-order valence-electron chi connectivity index (χ2n) is 6.80. The Morgan fingerprint density at radius 3 is 2.53 bits per heavy atom. The fourth-order valence-corrected chi connectivity index (χ4v) is 3.23. The zero-order valence-electron chi connectivity index (χ0n) is 16.7. The Balaban J connectivity index is 1.53. The first-order valence-corrected chi connectivity index (χ1v) is 9.78. The van der Waals surface area contributed by atoms with Crippen LogP contribution in [0.4, 0.5) is 11.8 Å². The van der Waals surface area contributed by atoms with E-state index in [0.717, 1.165) is 27.9 Å². The van der Waals surface area contributed by atoms with Gasteiger partial charge in [0.1, 0.15) is 5.82 Å². The van der Waals surface area contributed by atoms with Crippen molar-refractivity contribution in [1.82, 2.24) is 20.5 Å². The van der Waals surface area contributed by atoms with Gasteiger partial charge in [0.15, 0.2) is 0 Å². The molecule has 0 spiro atoms. The molecule has 0 unspecified atom stereocenters. The molecule has 0 atom stereocenters. The molecular weight excluding hydrogens is 378 g/mol. The van der Waals surface area contributed by atoms with E-state index >= 15 is 0 Å². The molecule has 2 aromatic heterocycles. The van der Waals surface area contributed by atoms with Crippen molar-refractivity contribution >= 4 is 11.8 Å². The van der Waals surface area contributed by atoms with Crippen LogP contribution in [0.3, 0.4) is 0 Å². The molecule has 7 heteroatoms. The third-order valence-corrected chi connectivity index (χ3v) is 4.71. The first-order chi connectivity index (χ1) is 14.7. The summed E-state index contributed by atoms with van der Waals surface area (Å²) in [4.78, 5) is 4.51. The molecule has 152 valence electrons. The minimum atomic E-state index is 0.0909. The van der Waals surface area contributed by atoms with E-state index in [1.807, 2.05) is 48.5 Å². The van der Waals surface area contributed by atoms with Crippen LogP contribution in [0.2, 0.25) is 0 Å². The highest BCUT2D eigenvalue weighted by atomic mass is 16.4. The van der Waals surface area contributed by atoms with Gasteiger partial charge >= 0.3 is 6.01 Å². The summed E-state index contributed by atoms with van der Waals surface area (Å²) in [7, 11) is 0. The lowest BCUT2D eigenvalue weighted by Gasteiger charge is -2.09. The third-order valence-electron chi connectivity index (χ3n) is 4.71. The molecule has 0 amide bonds. The molecule has 0 aliphatic heterocycles. The average molecular weight is 401 g/mol. The molecule has 0 saturated heterocycles. The van der Waals surface area contributed by atoms with Crippen molar-refractivity contribution in [3.63, 3.8) is 0 Å². The maximum Gasteiger partial charge on any atom is 0.321 e. The van der Waals surface area contributed by atoms with Crippen LogP contribution >= 0.6 is 0 Å². The van der Waals surface area contributed by atoms with Gasteiger partial charge in [-0.1, -0.05) is 53.6 Å². The predicted octanol–water partition coefficient (Wildman–Crippen LogP) is 3.93. The van der Waals surface area contributed by atoms with E-state index in [1.54, 1.807) is 0 Å². The summed E-state index contributed by atoms with van der Waals surface area (Å²) in [6.07, 6.45) is 0. The highest BCUT2D eigenvalue weighted by molar-refractivity contribution is 5.75. The lowest BCUT2D eigenvalue weighted by Crippen LogP contribution is -2.18. The van der Waals surface area contributed by atoms with Gasteiger partial charge in [-0.15, -0.1) is 5.10 Å². The number of aliphatic hydroxyl groups excluding tert-OH is 1. The number of rotatable bonds is 8. The van der Waals surface area contributed by atoms with E-state index in [2.05, 4.69) is 50.9 Å². The SMILES string of the molecule is Cc1c(-c2ccccc2)cccc1-c1nnc(Nc2cccc(CNCCO)n2)o1. The number of hydrogen-bond donors (Lipinski definition) is 3. The summed E-state index contributed by atoms with van der Waals surface area (Å²) < 4.78 is 5.86. The maximum absolute atomic E-state index is 8.87. The minimum Gasteiger partial charge on any atom is -0.403 e. The van der Waals surface area contributed by atoms with E-state index < -0.39 is 0 Å². The van der Waals surface area contributed by atoms with E-state index in [-0.39, 0.29) is 12.6 Å². The summed E-state index contributed by atoms with van der Waals surface area (Å²) in [5.41, 5.74) is 5.09. The number of anilines is 2. The second kappa shape index (κ2) is 9.30. The van der Waals surface area contributed by atoms with Gasteiger partial charge in [-0.25, -0.2) is 4.98 Å². The Hall–Kier alpha value is -3.55. The van der Waals surface area contributed by atoms with Crippen molar-refractivity contribution in [3.05, 3.63) is 78.0 Å². The maximum atomic E-state index is 8.87.